The molecule has 1 aromatic heterocycles. The number of aromatic nitrogens is 1. The number of nitrogens with zero attached hydrogens (tertiary/aromatic N) is 1. The molecule has 35 heavy (non-hydrogen) atoms. The van der Waals surface area contributed by atoms with E-state index in [1.165, 1.54) is 16.7 Å². The lowest BCUT2D eigenvalue weighted by atomic mass is 9.83. The number of H-pyrrole nitrogens is 1. The number of aromatic amines is 1. The van der Waals surface area contributed by atoms with E-state index in [0.29, 0.717) is 31.9 Å². The number of amides is 2. The number of fused-ring (bicyclic) bond motifs is 2. The van der Waals surface area contributed by atoms with Gasteiger partial charge in [-0.3, -0.25) is 14.4 Å². The Morgan fingerprint density at radius 1 is 1.11 bits per heavy atom. The molecule has 8 nitrogen and oxygen atoms in total. The molecular weight excluding hydrogens is 512 g/mol. The quantitative estimate of drug-likeness (QED) is 0.381. The summed E-state index contributed by atoms with van der Waals surface area (Å²) in [6.07, 6.45) is 0. The van der Waals surface area contributed by atoms with Crippen LogP contribution >= 0.6 is 34.7 Å². The Bertz CT molecular complexity index is 1370. The lowest BCUT2D eigenvalue weighted by molar-refractivity contribution is -0.145. The molecule has 11 heteroatoms. The number of halogens is 1. The lowest BCUT2D eigenvalue weighted by Crippen LogP contribution is -2.32. The Morgan fingerprint density at radius 3 is 2.63 bits per heavy atom. The zero-order valence-corrected chi connectivity index (χ0v) is 20.7. The zero-order chi connectivity index (χ0) is 24.7. The molecule has 1 saturated heterocycles. The van der Waals surface area contributed by atoms with Gasteiger partial charge in [-0.1, -0.05) is 46.8 Å². The molecule has 2 aliphatic rings. The predicted molar refractivity (Wildman–Crippen MR) is 132 cm³/mol. The number of rotatable bonds is 6. The maximum absolute atomic E-state index is 13.7. The van der Waals surface area contributed by atoms with Gasteiger partial charge in [0.15, 0.2) is 6.61 Å². The van der Waals surface area contributed by atoms with Crippen molar-refractivity contribution in [2.75, 3.05) is 18.1 Å². The number of nitrogens with one attached hydrogen (secondary N) is 1. The summed E-state index contributed by atoms with van der Waals surface area (Å²) < 4.78 is 10.5. The first-order valence-corrected chi connectivity index (χ1v) is 12.9. The van der Waals surface area contributed by atoms with Crippen LogP contribution in [0, 0.1) is 5.92 Å². The summed E-state index contributed by atoms with van der Waals surface area (Å²) in [4.78, 5) is 55.5. The van der Waals surface area contributed by atoms with E-state index in [2.05, 4.69) is 4.98 Å². The van der Waals surface area contributed by atoms with Crippen LogP contribution in [0.2, 0.25) is 5.02 Å². The van der Waals surface area contributed by atoms with E-state index in [0.717, 1.165) is 11.3 Å². The number of benzene rings is 2. The van der Waals surface area contributed by atoms with E-state index < -0.39 is 23.1 Å². The van der Waals surface area contributed by atoms with Crippen molar-refractivity contribution in [3.63, 3.8) is 0 Å². The first-order chi connectivity index (χ1) is 16.9. The Balaban J connectivity index is 1.53. The molecule has 0 radical (unpaired) electrons. The van der Waals surface area contributed by atoms with Crippen LogP contribution in [0.1, 0.15) is 23.3 Å². The van der Waals surface area contributed by atoms with Crippen molar-refractivity contribution in [3.05, 3.63) is 73.7 Å². The van der Waals surface area contributed by atoms with Crippen molar-refractivity contribution in [1.29, 1.82) is 0 Å². The number of thiazole rings is 1. The molecule has 1 N–H and O–H groups in total. The third-order valence-electron chi connectivity index (χ3n) is 5.79. The van der Waals surface area contributed by atoms with Gasteiger partial charge in [-0.25, -0.2) is 9.69 Å². The van der Waals surface area contributed by atoms with Gasteiger partial charge in [0.25, 0.3) is 0 Å². The van der Waals surface area contributed by atoms with Crippen LogP contribution in [0.4, 0.5) is 5.69 Å². The molecule has 2 aliphatic heterocycles. The third kappa shape index (κ3) is 4.37. The molecule has 3 atom stereocenters. The molecule has 0 bridgehead atoms. The fourth-order valence-electron chi connectivity index (χ4n) is 4.36. The topological polar surface area (TPSA) is 106 Å². The summed E-state index contributed by atoms with van der Waals surface area (Å²) in [5, 5.41) is 0.380. The van der Waals surface area contributed by atoms with Crippen molar-refractivity contribution in [2.24, 2.45) is 5.92 Å². The van der Waals surface area contributed by atoms with Crippen LogP contribution in [-0.2, 0) is 19.1 Å². The minimum Gasteiger partial charge on any atom is -0.482 e. The number of imide groups is 1. The highest BCUT2D eigenvalue weighted by atomic mass is 35.5. The van der Waals surface area contributed by atoms with E-state index >= 15 is 0 Å². The van der Waals surface area contributed by atoms with Crippen molar-refractivity contribution in [1.82, 2.24) is 4.98 Å². The standard InChI is InChI=1S/C24H19ClN2O6S2/c1-2-32-16(28)11-33-15-5-3-4-12(10-15)17-18-20(34-21-19(17)35-24(31)26-21)23(30)27(22(18)29)14-8-6-13(25)7-9-14/h3-10,17-18,20H,2,11H2,1H3,(H,26,31). The van der Waals surface area contributed by atoms with Crippen LogP contribution in [0.15, 0.2) is 58.4 Å². The molecule has 180 valence electrons. The first kappa shape index (κ1) is 23.7. The van der Waals surface area contributed by atoms with Gasteiger partial charge in [0.05, 0.1) is 23.2 Å². The maximum atomic E-state index is 13.7. The van der Waals surface area contributed by atoms with E-state index in [-0.39, 0.29) is 29.9 Å². The van der Waals surface area contributed by atoms with Crippen LogP contribution < -0.4 is 14.5 Å². The molecular formula is C24H19ClN2O6S2. The Kier molecular flexibility index (Phi) is 6.43. The number of carbonyl (C=O) groups is 3. The zero-order valence-electron chi connectivity index (χ0n) is 18.4. The highest BCUT2D eigenvalue weighted by Crippen LogP contribution is 2.53. The molecule has 2 amide bonds. The Hall–Kier alpha value is -3.08. The number of hydrogen-bond acceptors (Lipinski definition) is 8. The van der Waals surface area contributed by atoms with E-state index in [9.17, 15) is 19.2 Å². The monoisotopic (exact) mass is 530 g/mol. The molecule has 0 spiro atoms. The molecule has 3 aromatic rings. The van der Waals surface area contributed by atoms with Gasteiger partial charge < -0.3 is 14.5 Å². The molecule has 2 aromatic carbocycles. The number of carbonyl (C=O) groups excluding carboxylic acids is 3. The summed E-state index contributed by atoms with van der Waals surface area (Å²) >= 11 is 8.23. The molecule has 0 saturated carbocycles. The first-order valence-electron chi connectivity index (χ1n) is 10.8. The van der Waals surface area contributed by atoms with Gasteiger partial charge in [0.1, 0.15) is 11.0 Å². The highest BCUT2D eigenvalue weighted by molar-refractivity contribution is 8.00. The number of hydrogen-bond donors (Lipinski definition) is 1. The second kappa shape index (κ2) is 9.52. The lowest BCUT2D eigenvalue weighted by Gasteiger charge is -2.30. The van der Waals surface area contributed by atoms with Gasteiger partial charge >= 0.3 is 10.8 Å². The number of anilines is 1. The minimum atomic E-state index is -0.720. The summed E-state index contributed by atoms with van der Waals surface area (Å²) in [6, 6.07) is 13.5. The van der Waals surface area contributed by atoms with Gasteiger partial charge in [-0.15, -0.1) is 0 Å². The van der Waals surface area contributed by atoms with Crippen molar-refractivity contribution in [3.8, 4) is 5.75 Å². The van der Waals surface area contributed by atoms with Crippen molar-refractivity contribution in [2.45, 2.75) is 23.1 Å². The van der Waals surface area contributed by atoms with E-state index in [4.69, 9.17) is 21.1 Å². The number of esters is 1. The summed E-state index contributed by atoms with van der Waals surface area (Å²) in [6.45, 7) is 1.71. The van der Waals surface area contributed by atoms with Gasteiger partial charge in [0.2, 0.25) is 11.8 Å². The second-order valence-corrected chi connectivity index (χ2v) is 10.5. The summed E-state index contributed by atoms with van der Waals surface area (Å²) in [7, 11) is 0. The van der Waals surface area contributed by atoms with Crippen molar-refractivity contribution >= 4 is 58.2 Å². The maximum Gasteiger partial charge on any atom is 0.344 e. The van der Waals surface area contributed by atoms with Crippen molar-refractivity contribution < 1.29 is 23.9 Å². The normalized spacial score (nSPS) is 21.0. The number of ether oxygens (including phenoxy) is 2. The molecule has 3 unspecified atom stereocenters. The predicted octanol–water partition coefficient (Wildman–Crippen LogP) is 3.83. The summed E-state index contributed by atoms with van der Waals surface area (Å²) in [5.41, 5.74) is 1.15. The fourth-order valence-corrected chi connectivity index (χ4v) is 7.00. The molecule has 0 aliphatic carbocycles. The molecule has 5 rings (SSSR count). The molecule has 1 fully saturated rings. The number of thioether (sulfide) groups is 1. The minimum absolute atomic E-state index is 0.250. The van der Waals surface area contributed by atoms with Crippen LogP contribution in [0.25, 0.3) is 0 Å². The smallest absolute Gasteiger partial charge is 0.344 e. The van der Waals surface area contributed by atoms with Crippen LogP contribution in [0.3, 0.4) is 0 Å². The SMILES string of the molecule is CCOC(=O)COc1cccc(C2c3sc(=O)[nH]c3SC3C(=O)N(c4ccc(Cl)cc4)C(=O)C32)c1. The van der Waals surface area contributed by atoms with Gasteiger partial charge in [0, 0.05) is 15.8 Å². The molecule has 3 heterocycles. The second-order valence-electron chi connectivity index (χ2n) is 7.90. The fraction of sp³-hybridized carbons (Fsp3) is 0.250. The average Bonchev–Trinajstić information content (AvgIpc) is 3.33. The van der Waals surface area contributed by atoms with Crippen LogP contribution in [-0.4, -0.2) is 41.2 Å². The summed E-state index contributed by atoms with van der Waals surface area (Å²) in [5.74, 6) is -2.02. The van der Waals surface area contributed by atoms with Gasteiger partial charge in [-0.05, 0) is 48.9 Å². The van der Waals surface area contributed by atoms with E-state index in [1.807, 2.05) is 6.07 Å². The van der Waals surface area contributed by atoms with Crippen LogP contribution in [0.5, 0.6) is 5.75 Å². The van der Waals surface area contributed by atoms with E-state index in [1.54, 1.807) is 49.4 Å². The Labute approximate surface area is 213 Å². The highest BCUT2D eigenvalue weighted by Gasteiger charge is 2.56. The van der Waals surface area contributed by atoms with Gasteiger partial charge in [-0.2, -0.15) is 0 Å². The largest absolute Gasteiger partial charge is 0.482 e. The third-order valence-corrected chi connectivity index (χ3v) is 8.44. The Morgan fingerprint density at radius 2 is 1.89 bits per heavy atom. The average molecular weight is 531 g/mol.